The summed E-state index contributed by atoms with van der Waals surface area (Å²) in [6, 6.07) is 7.56. The van der Waals surface area contributed by atoms with Gasteiger partial charge in [-0.2, -0.15) is 0 Å². The fourth-order valence-corrected chi connectivity index (χ4v) is 1.13. The first-order chi connectivity index (χ1) is 6.75. The largest absolute Gasteiger partial charge is 0.321 e. The van der Waals surface area contributed by atoms with E-state index < -0.39 is 5.82 Å². The van der Waals surface area contributed by atoms with Gasteiger partial charge in [0.05, 0.1) is 17.6 Å². The lowest BCUT2D eigenvalue weighted by atomic mass is 10.2. The van der Waals surface area contributed by atoms with Crippen LogP contribution in [0.1, 0.15) is 0 Å². The average molecular weight is 190 g/mol. The summed E-state index contributed by atoms with van der Waals surface area (Å²) in [5.41, 5.74) is 0.926. The van der Waals surface area contributed by atoms with Crippen LogP contribution in [0.4, 0.5) is 4.39 Å². The number of H-pyrrole nitrogens is 1. The molecule has 0 bridgehead atoms. The summed E-state index contributed by atoms with van der Waals surface area (Å²) >= 11 is 0. The Morgan fingerprint density at radius 2 is 2.07 bits per heavy atom. The van der Waals surface area contributed by atoms with Crippen molar-refractivity contribution < 1.29 is 4.39 Å². The molecule has 0 spiro atoms. The SMILES string of the molecule is O=c1cccc(-c2ccc(F)cn2)[nH]1. The van der Waals surface area contributed by atoms with Crippen molar-refractivity contribution in [2.24, 2.45) is 0 Å². The van der Waals surface area contributed by atoms with Gasteiger partial charge in [0.25, 0.3) is 0 Å². The van der Waals surface area contributed by atoms with Crippen LogP contribution < -0.4 is 5.56 Å². The van der Waals surface area contributed by atoms with Gasteiger partial charge in [-0.3, -0.25) is 9.78 Å². The van der Waals surface area contributed by atoms with Gasteiger partial charge in [0.15, 0.2) is 0 Å². The molecule has 14 heavy (non-hydrogen) atoms. The van der Waals surface area contributed by atoms with Gasteiger partial charge < -0.3 is 4.98 Å². The molecule has 3 nitrogen and oxygen atoms in total. The number of halogens is 1. The highest BCUT2D eigenvalue weighted by molar-refractivity contribution is 5.52. The molecule has 0 aliphatic rings. The molecule has 2 heterocycles. The van der Waals surface area contributed by atoms with Gasteiger partial charge >= 0.3 is 0 Å². The van der Waals surface area contributed by atoms with E-state index in [-0.39, 0.29) is 5.56 Å². The van der Waals surface area contributed by atoms with E-state index in [0.717, 1.165) is 6.20 Å². The van der Waals surface area contributed by atoms with Crippen molar-refractivity contribution in [2.45, 2.75) is 0 Å². The number of aromatic amines is 1. The molecule has 0 aliphatic carbocycles. The summed E-state index contributed by atoms with van der Waals surface area (Å²) in [5, 5.41) is 0. The number of hydrogen-bond donors (Lipinski definition) is 1. The molecule has 0 unspecified atom stereocenters. The van der Waals surface area contributed by atoms with Crippen LogP contribution >= 0.6 is 0 Å². The van der Waals surface area contributed by atoms with Crippen LogP contribution in [0.3, 0.4) is 0 Å². The van der Waals surface area contributed by atoms with Crippen LogP contribution in [0.2, 0.25) is 0 Å². The Morgan fingerprint density at radius 3 is 2.71 bits per heavy atom. The molecule has 2 aromatic rings. The zero-order valence-electron chi connectivity index (χ0n) is 7.20. The van der Waals surface area contributed by atoms with Crippen molar-refractivity contribution in [1.82, 2.24) is 9.97 Å². The molecular weight excluding hydrogens is 183 g/mol. The summed E-state index contributed by atoms with van der Waals surface area (Å²) in [5.74, 6) is -0.396. The van der Waals surface area contributed by atoms with Crippen LogP contribution in [0, 0.1) is 5.82 Å². The van der Waals surface area contributed by atoms with Gasteiger partial charge in [-0.1, -0.05) is 6.07 Å². The zero-order valence-corrected chi connectivity index (χ0v) is 7.20. The van der Waals surface area contributed by atoms with Gasteiger partial charge in [0.1, 0.15) is 5.82 Å². The van der Waals surface area contributed by atoms with Crippen LogP contribution in [0.15, 0.2) is 41.3 Å². The summed E-state index contributed by atoms with van der Waals surface area (Å²) in [7, 11) is 0. The van der Waals surface area contributed by atoms with Gasteiger partial charge in [0.2, 0.25) is 5.56 Å². The quantitative estimate of drug-likeness (QED) is 0.741. The molecule has 0 amide bonds. The topological polar surface area (TPSA) is 45.8 Å². The molecule has 0 atom stereocenters. The Balaban J connectivity index is 2.50. The number of rotatable bonds is 1. The average Bonchev–Trinajstić information content (AvgIpc) is 2.19. The number of nitrogens with one attached hydrogen (secondary N) is 1. The van der Waals surface area contributed by atoms with Crippen molar-refractivity contribution in [1.29, 1.82) is 0 Å². The molecule has 0 radical (unpaired) electrons. The number of aromatic nitrogens is 2. The smallest absolute Gasteiger partial charge is 0.248 e. The molecule has 0 saturated carbocycles. The van der Waals surface area contributed by atoms with Crippen molar-refractivity contribution in [3.05, 3.63) is 52.7 Å². The van der Waals surface area contributed by atoms with Gasteiger partial charge in [-0.05, 0) is 18.2 Å². The standard InChI is InChI=1S/C10H7FN2O/c11-7-4-5-8(12-6-7)9-2-1-3-10(14)13-9/h1-6H,(H,13,14). The monoisotopic (exact) mass is 190 g/mol. The maximum atomic E-state index is 12.5. The predicted octanol–water partition coefficient (Wildman–Crippen LogP) is 1.58. The number of nitrogens with zero attached hydrogens (tertiary/aromatic N) is 1. The van der Waals surface area contributed by atoms with E-state index in [4.69, 9.17) is 0 Å². The molecular formula is C10H7FN2O. The van der Waals surface area contributed by atoms with E-state index in [1.807, 2.05) is 0 Å². The van der Waals surface area contributed by atoms with Crippen LogP contribution in [0.5, 0.6) is 0 Å². The van der Waals surface area contributed by atoms with Gasteiger partial charge in [0, 0.05) is 6.07 Å². The number of pyridine rings is 2. The lowest BCUT2D eigenvalue weighted by molar-refractivity contribution is 0.622. The highest BCUT2D eigenvalue weighted by Crippen LogP contribution is 2.11. The summed E-state index contributed by atoms with van der Waals surface area (Å²) in [6.45, 7) is 0. The maximum absolute atomic E-state index is 12.5. The normalized spacial score (nSPS) is 10.1. The Kier molecular flexibility index (Phi) is 2.10. The second-order valence-electron chi connectivity index (χ2n) is 2.79. The molecule has 2 rings (SSSR count). The summed E-state index contributed by atoms with van der Waals surface area (Å²) < 4.78 is 12.5. The fraction of sp³-hybridized carbons (Fsp3) is 0. The van der Waals surface area contributed by atoms with E-state index in [1.54, 1.807) is 12.1 Å². The first-order valence-corrected chi connectivity index (χ1v) is 4.07. The Hall–Kier alpha value is -1.97. The highest BCUT2D eigenvalue weighted by Gasteiger charge is 1.99. The lowest BCUT2D eigenvalue weighted by Gasteiger charge is -1.98. The second-order valence-corrected chi connectivity index (χ2v) is 2.79. The van der Waals surface area contributed by atoms with E-state index in [1.165, 1.54) is 18.2 Å². The van der Waals surface area contributed by atoms with Gasteiger partial charge in [-0.15, -0.1) is 0 Å². The minimum absolute atomic E-state index is 0.200. The predicted molar refractivity (Wildman–Crippen MR) is 50.3 cm³/mol. The van der Waals surface area contributed by atoms with E-state index in [2.05, 4.69) is 9.97 Å². The fourth-order valence-electron chi connectivity index (χ4n) is 1.13. The van der Waals surface area contributed by atoms with Crippen LogP contribution in [-0.2, 0) is 0 Å². The minimum atomic E-state index is -0.396. The Morgan fingerprint density at radius 1 is 1.21 bits per heavy atom. The van der Waals surface area contributed by atoms with Crippen molar-refractivity contribution >= 4 is 0 Å². The molecule has 0 saturated heterocycles. The summed E-state index contributed by atoms with van der Waals surface area (Å²) in [6.07, 6.45) is 1.11. The summed E-state index contributed by atoms with van der Waals surface area (Å²) in [4.78, 5) is 17.4. The zero-order chi connectivity index (χ0) is 9.97. The third-order valence-corrected chi connectivity index (χ3v) is 1.77. The molecule has 2 aromatic heterocycles. The number of hydrogen-bond acceptors (Lipinski definition) is 2. The lowest BCUT2D eigenvalue weighted by Crippen LogP contribution is -2.04. The van der Waals surface area contributed by atoms with Gasteiger partial charge in [-0.25, -0.2) is 4.39 Å². The maximum Gasteiger partial charge on any atom is 0.248 e. The molecule has 1 N–H and O–H groups in total. The first-order valence-electron chi connectivity index (χ1n) is 4.07. The van der Waals surface area contributed by atoms with E-state index in [9.17, 15) is 9.18 Å². The van der Waals surface area contributed by atoms with Crippen LogP contribution in [0.25, 0.3) is 11.4 Å². The Labute approximate surface area is 79.3 Å². The highest BCUT2D eigenvalue weighted by atomic mass is 19.1. The molecule has 0 aliphatic heterocycles. The third-order valence-electron chi connectivity index (χ3n) is 1.77. The first kappa shape index (κ1) is 8.62. The van der Waals surface area contributed by atoms with Crippen molar-refractivity contribution in [2.75, 3.05) is 0 Å². The van der Waals surface area contributed by atoms with Crippen molar-refractivity contribution in [3.8, 4) is 11.4 Å². The third kappa shape index (κ3) is 1.69. The Bertz CT molecular complexity index is 490. The van der Waals surface area contributed by atoms with E-state index in [0.29, 0.717) is 11.4 Å². The molecule has 0 fully saturated rings. The van der Waals surface area contributed by atoms with Crippen LogP contribution in [-0.4, -0.2) is 9.97 Å². The van der Waals surface area contributed by atoms with Crippen molar-refractivity contribution in [3.63, 3.8) is 0 Å². The molecule has 0 aromatic carbocycles. The molecule has 4 heteroatoms. The second kappa shape index (κ2) is 3.41. The molecule has 70 valence electrons. The minimum Gasteiger partial charge on any atom is -0.321 e. The van der Waals surface area contributed by atoms with E-state index >= 15 is 0 Å².